The van der Waals surface area contributed by atoms with Crippen molar-refractivity contribution in [1.82, 2.24) is 0 Å². The molecule has 0 radical (unpaired) electrons. The maximum absolute atomic E-state index is 10.7. The zero-order chi connectivity index (χ0) is 18.7. The summed E-state index contributed by atoms with van der Waals surface area (Å²) >= 11 is -0.207. The molecule has 1 aromatic carbocycles. The van der Waals surface area contributed by atoms with Crippen LogP contribution < -0.4 is 14.0 Å². The number of alkyl halides is 3. The number of halogens is 3. The van der Waals surface area contributed by atoms with Crippen LogP contribution in [-0.4, -0.2) is 53.1 Å². The van der Waals surface area contributed by atoms with Gasteiger partial charge in [-0.15, -0.1) is 0 Å². The summed E-state index contributed by atoms with van der Waals surface area (Å²) in [5.74, 6) is 1.67. The minimum Gasteiger partial charge on any atom is -0.741 e. The van der Waals surface area contributed by atoms with Crippen LogP contribution in [0.2, 0.25) is 0 Å². The van der Waals surface area contributed by atoms with Crippen molar-refractivity contribution in [1.29, 1.82) is 0 Å². The van der Waals surface area contributed by atoms with Gasteiger partial charge in [0.25, 0.3) is 0 Å². The van der Waals surface area contributed by atoms with Crippen molar-refractivity contribution >= 4 is 39.5 Å². The maximum atomic E-state index is 10.7. The van der Waals surface area contributed by atoms with Crippen LogP contribution in [0, 0.1) is 6.92 Å². The topological polar surface area (TPSA) is 79.5 Å². The second-order valence-corrected chi connectivity index (χ2v) is 9.34. The fraction of sp³-hybridized carbons (Fsp3) is 0.462. The molecule has 1 aromatic heterocycles. The van der Waals surface area contributed by atoms with E-state index in [1.54, 1.807) is 14.2 Å². The quantitative estimate of drug-likeness (QED) is 0.287. The number of rotatable bonds is 3. The molecule has 0 fully saturated rings. The molecule has 0 aliphatic rings. The Bertz CT molecular complexity index is 817. The van der Waals surface area contributed by atoms with E-state index in [2.05, 4.69) is 30.5 Å². The minimum absolute atomic E-state index is 0.207. The van der Waals surface area contributed by atoms with E-state index < -0.39 is 15.6 Å². The van der Waals surface area contributed by atoms with Gasteiger partial charge in [-0.2, -0.15) is 13.2 Å². The predicted molar refractivity (Wildman–Crippen MR) is 80.4 cm³/mol. The molecule has 0 amide bonds. The first kappa shape index (κ1) is 21.0. The molecule has 136 valence electrons. The van der Waals surface area contributed by atoms with E-state index in [1.165, 1.54) is 12.6 Å². The summed E-state index contributed by atoms with van der Waals surface area (Å²) in [7, 11) is -2.72. The second-order valence-electron chi connectivity index (χ2n) is 4.44. The van der Waals surface area contributed by atoms with Crippen LogP contribution in [0.25, 0.3) is 8.92 Å². The second kappa shape index (κ2) is 7.91. The Morgan fingerprint density at radius 3 is 2.04 bits per heavy atom. The molecular weight excluding hydrogens is 467 g/mol. The fourth-order valence-electron chi connectivity index (χ4n) is 1.92. The Kier molecular flexibility index (Phi) is 6.93. The fourth-order valence-corrected chi connectivity index (χ4v) is 5.05. The number of nitrogens with zero attached hydrogens (tertiary/aromatic N) is 1. The van der Waals surface area contributed by atoms with Gasteiger partial charge in [0.15, 0.2) is 10.1 Å². The first-order valence-corrected chi connectivity index (χ1v) is 10.3. The summed E-state index contributed by atoms with van der Waals surface area (Å²) in [4.78, 5) is 0. The standard InChI is InChI=1S/C12H16NO2Te.CHF3O3S/c1-5-13-8(2)16-12-7-11(15-4)10(14-3)6-9(12)13;2-1(3,4)8(5,6)7/h6-7H,5H2,1-4H3;(H,5,6,7)/q+1;/p-1. The SMILES string of the molecule is CC[n+]1c(C)[te]c2cc(OC)c(OC)cc21.O=S(=O)([O-])C(F)(F)F. The number of aromatic nitrogens is 1. The van der Waals surface area contributed by atoms with Gasteiger partial charge in [0.1, 0.15) is 0 Å². The van der Waals surface area contributed by atoms with Crippen LogP contribution in [0.1, 0.15) is 10.6 Å². The van der Waals surface area contributed by atoms with Crippen molar-refractivity contribution in [3.63, 3.8) is 0 Å². The van der Waals surface area contributed by atoms with E-state index >= 15 is 0 Å². The first-order chi connectivity index (χ1) is 11.0. The van der Waals surface area contributed by atoms with Crippen molar-refractivity contribution in [2.45, 2.75) is 25.9 Å². The molecular formula is C13H16F3NO5STe. The molecule has 11 heteroatoms. The van der Waals surface area contributed by atoms with Crippen LogP contribution in [0.4, 0.5) is 13.2 Å². The molecule has 24 heavy (non-hydrogen) atoms. The van der Waals surface area contributed by atoms with Crippen molar-refractivity contribution in [3.8, 4) is 11.5 Å². The van der Waals surface area contributed by atoms with Gasteiger partial charge in [-0.3, -0.25) is 0 Å². The van der Waals surface area contributed by atoms with Gasteiger partial charge in [-0.05, 0) is 0 Å². The predicted octanol–water partition coefficient (Wildman–Crippen LogP) is 1.58. The molecule has 0 aliphatic heterocycles. The number of fused-ring (bicyclic) bond motifs is 1. The molecule has 0 spiro atoms. The summed E-state index contributed by atoms with van der Waals surface area (Å²) in [6, 6.07) is 4.23. The summed E-state index contributed by atoms with van der Waals surface area (Å²) < 4.78 is 74.9. The molecule has 0 atom stereocenters. The molecule has 0 unspecified atom stereocenters. The largest absolute Gasteiger partial charge is 0.741 e. The van der Waals surface area contributed by atoms with Crippen LogP contribution in [0.15, 0.2) is 12.1 Å². The van der Waals surface area contributed by atoms with Crippen molar-refractivity contribution in [3.05, 3.63) is 15.8 Å². The van der Waals surface area contributed by atoms with E-state index in [1.807, 2.05) is 0 Å². The van der Waals surface area contributed by atoms with E-state index in [-0.39, 0.29) is 20.4 Å². The number of hydrogen-bond donors (Lipinski definition) is 0. The number of hydrogen-bond acceptors (Lipinski definition) is 5. The van der Waals surface area contributed by atoms with Gasteiger partial charge in [0.2, 0.25) is 0 Å². The number of ether oxygens (including phenoxy) is 2. The molecule has 0 saturated carbocycles. The van der Waals surface area contributed by atoms with Gasteiger partial charge < -0.3 is 4.55 Å². The summed E-state index contributed by atoms with van der Waals surface area (Å²) in [6.45, 7) is 5.44. The number of methoxy groups -OCH3 is 2. The van der Waals surface area contributed by atoms with Gasteiger partial charge in [0, 0.05) is 0 Å². The normalized spacial score (nSPS) is 11.8. The monoisotopic (exact) mass is 485 g/mol. The minimum atomic E-state index is -6.09. The third kappa shape index (κ3) is 4.75. The molecule has 2 rings (SSSR count). The average Bonchev–Trinajstić information content (AvgIpc) is 2.78. The van der Waals surface area contributed by atoms with Crippen LogP contribution >= 0.6 is 0 Å². The average molecular weight is 483 g/mol. The Labute approximate surface area is 147 Å². The van der Waals surface area contributed by atoms with Gasteiger partial charge in [0.05, 0.1) is 0 Å². The molecule has 0 bridgehead atoms. The van der Waals surface area contributed by atoms with Crippen LogP contribution in [0.5, 0.6) is 11.5 Å². The third-order valence-electron chi connectivity index (χ3n) is 2.99. The Hall–Kier alpha value is -1.02. The summed E-state index contributed by atoms with van der Waals surface area (Å²) in [6.07, 6.45) is 0. The zero-order valence-electron chi connectivity index (χ0n) is 13.3. The number of benzene rings is 1. The van der Waals surface area contributed by atoms with Gasteiger partial charge in [-0.25, -0.2) is 8.42 Å². The zero-order valence-corrected chi connectivity index (χ0v) is 16.4. The molecule has 0 N–H and O–H groups in total. The summed E-state index contributed by atoms with van der Waals surface area (Å²) in [5, 5.41) is 0. The van der Waals surface area contributed by atoms with Gasteiger partial charge >= 0.3 is 111 Å². The summed E-state index contributed by atoms with van der Waals surface area (Å²) in [5.41, 5.74) is -4.34. The third-order valence-corrected chi connectivity index (χ3v) is 6.59. The molecule has 2 aromatic rings. The Balaban J connectivity index is 0.000000307. The number of aryl methyl sites for hydroxylation is 2. The molecule has 0 aliphatic carbocycles. The van der Waals surface area contributed by atoms with Crippen molar-refractivity contribution < 1.29 is 40.2 Å². The maximum Gasteiger partial charge on any atom is 0.485 e. The van der Waals surface area contributed by atoms with Crippen LogP contribution in [-0.2, 0) is 16.7 Å². The van der Waals surface area contributed by atoms with E-state index in [4.69, 9.17) is 22.4 Å². The molecule has 0 saturated heterocycles. The smallest absolute Gasteiger partial charge is 0.485 e. The van der Waals surface area contributed by atoms with Crippen molar-refractivity contribution in [2.24, 2.45) is 0 Å². The van der Waals surface area contributed by atoms with E-state index in [0.29, 0.717) is 0 Å². The van der Waals surface area contributed by atoms with Gasteiger partial charge in [-0.1, -0.05) is 0 Å². The van der Waals surface area contributed by atoms with Crippen LogP contribution in [0.3, 0.4) is 0 Å². The van der Waals surface area contributed by atoms with E-state index in [0.717, 1.165) is 18.0 Å². The Morgan fingerprint density at radius 1 is 1.21 bits per heavy atom. The molecule has 6 nitrogen and oxygen atoms in total. The Morgan fingerprint density at radius 2 is 1.67 bits per heavy atom. The molecule has 1 heterocycles. The first-order valence-electron chi connectivity index (χ1n) is 6.53. The van der Waals surface area contributed by atoms with E-state index in [9.17, 15) is 13.2 Å². The van der Waals surface area contributed by atoms with Crippen molar-refractivity contribution in [2.75, 3.05) is 14.2 Å².